The Hall–Kier alpha value is -0.710. The molecule has 1 aliphatic rings. The lowest BCUT2D eigenvalue weighted by Crippen LogP contribution is -2.30. The Balaban J connectivity index is 0.00000220. The number of halogens is 1. The van der Waals surface area contributed by atoms with Crippen LogP contribution in [-0.4, -0.2) is 18.2 Å². The van der Waals surface area contributed by atoms with Crippen LogP contribution in [0.2, 0.25) is 0 Å². The monoisotopic (exact) mass is 328 g/mol. The second-order valence-corrected chi connectivity index (χ2v) is 6.38. The topological polar surface area (TPSA) is 55.1 Å². The lowest BCUT2D eigenvalue weighted by molar-refractivity contribution is -0.122. The van der Waals surface area contributed by atoms with E-state index in [4.69, 9.17) is 5.73 Å². The van der Waals surface area contributed by atoms with Crippen molar-refractivity contribution in [2.24, 2.45) is 5.73 Å². The van der Waals surface area contributed by atoms with E-state index in [0.717, 1.165) is 44.4 Å². The molecule has 3 nitrogen and oxygen atoms in total. The molecular weight excluding hydrogens is 304 g/mol. The van der Waals surface area contributed by atoms with Gasteiger partial charge in [-0.05, 0) is 37.4 Å². The second kappa shape index (κ2) is 10.1. The molecule has 1 aliphatic heterocycles. The van der Waals surface area contributed by atoms with Gasteiger partial charge in [-0.3, -0.25) is 4.79 Å². The van der Waals surface area contributed by atoms with E-state index in [0.29, 0.717) is 6.42 Å². The first kappa shape index (κ1) is 18.3. The molecule has 0 fully saturated rings. The zero-order chi connectivity index (χ0) is 14.2. The number of rotatable bonds is 7. The van der Waals surface area contributed by atoms with Gasteiger partial charge in [-0.2, -0.15) is 0 Å². The molecule has 0 saturated carbocycles. The van der Waals surface area contributed by atoms with Crippen LogP contribution < -0.4 is 11.1 Å². The van der Waals surface area contributed by atoms with E-state index in [1.54, 1.807) is 0 Å². The molecule has 1 heterocycles. The van der Waals surface area contributed by atoms with E-state index in [1.165, 1.54) is 10.5 Å². The van der Waals surface area contributed by atoms with Gasteiger partial charge < -0.3 is 11.1 Å². The van der Waals surface area contributed by atoms with Crippen LogP contribution in [0.3, 0.4) is 0 Å². The molecule has 5 heteroatoms. The van der Waals surface area contributed by atoms with Crippen molar-refractivity contribution >= 4 is 30.1 Å². The zero-order valence-electron chi connectivity index (χ0n) is 12.3. The first-order valence-corrected chi connectivity index (χ1v) is 8.51. The van der Waals surface area contributed by atoms with Gasteiger partial charge in [0.15, 0.2) is 0 Å². The fourth-order valence-corrected chi connectivity index (χ4v) is 3.67. The molecule has 2 rings (SSSR count). The Morgan fingerprint density at radius 1 is 1.24 bits per heavy atom. The Labute approximate surface area is 137 Å². The van der Waals surface area contributed by atoms with Crippen molar-refractivity contribution in [3.05, 3.63) is 29.8 Å². The summed E-state index contributed by atoms with van der Waals surface area (Å²) in [6.45, 7) is 0.753. The number of unbranched alkanes of at least 4 members (excludes halogenated alkanes) is 3. The Kier molecular flexibility index (Phi) is 8.81. The molecule has 1 aromatic rings. The molecule has 0 bridgehead atoms. The van der Waals surface area contributed by atoms with Crippen molar-refractivity contribution in [1.82, 2.24) is 5.32 Å². The summed E-state index contributed by atoms with van der Waals surface area (Å²) in [4.78, 5) is 13.3. The van der Waals surface area contributed by atoms with Gasteiger partial charge in [0.05, 0.1) is 6.04 Å². The summed E-state index contributed by atoms with van der Waals surface area (Å²) in [5, 5.41) is 3.19. The van der Waals surface area contributed by atoms with Crippen LogP contribution in [0, 0.1) is 0 Å². The molecule has 3 N–H and O–H groups in total. The van der Waals surface area contributed by atoms with Crippen molar-refractivity contribution in [1.29, 1.82) is 0 Å². The van der Waals surface area contributed by atoms with Gasteiger partial charge in [0.25, 0.3) is 0 Å². The highest BCUT2D eigenvalue weighted by Crippen LogP contribution is 2.35. The number of thioether (sulfide) groups is 1. The number of hydrogen-bond acceptors (Lipinski definition) is 3. The van der Waals surface area contributed by atoms with Gasteiger partial charge in [-0.15, -0.1) is 24.2 Å². The quantitative estimate of drug-likeness (QED) is 0.751. The highest BCUT2D eigenvalue weighted by atomic mass is 35.5. The lowest BCUT2D eigenvalue weighted by Gasteiger charge is -2.25. The number of hydrogen-bond donors (Lipinski definition) is 2. The molecule has 0 aromatic heterocycles. The van der Waals surface area contributed by atoms with Crippen molar-refractivity contribution in [3.8, 4) is 0 Å². The third-order valence-corrected chi connectivity index (χ3v) is 4.77. The molecule has 0 spiro atoms. The van der Waals surface area contributed by atoms with Gasteiger partial charge in [-0.1, -0.05) is 31.0 Å². The molecule has 1 amide bonds. The minimum absolute atomic E-state index is 0. The average Bonchev–Trinajstić information content (AvgIpc) is 2.47. The first-order chi connectivity index (χ1) is 9.81. The standard InChI is InChI=1S/C16H24N2OS.ClH/c17-11-6-2-1-3-9-16(19)18-14-10-12-20-15-8-5-4-7-13(14)15;/h4-5,7-8,14H,1-3,6,9-12,17H2,(H,18,19);1H. The molecule has 0 saturated heterocycles. The number of carbonyl (C=O) groups is 1. The van der Waals surface area contributed by atoms with Gasteiger partial charge in [0.2, 0.25) is 5.91 Å². The molecule has 0 aliphatic carbocycles. The fraction of sp³-hybridized carbons (Fsp3) is 0.562. The van der Waals surface area contributed by atoms with Crippen LogP contribution in [0.5, 0.6) is 0 Å². The molecular formula is C16H25ClN2OS. The molecule has 21 heavy (non-hydrogen) atoms. The fourth-order valence-electron chi connectivity index (χ4n) is 2.54. The first-order valence-electron chi connectivity index (χ1n) is 7.52. The molecule has 1 atom stereocenters. The average molecular weight is 329 g/mol. The molecule has 0 radical (unpaired) electrons. The highest BCUT2D eigenvalue weighted by Gasteiger charge is 2.21. The van der Waals surface area contributed by atoms with Crippen LogP contribution in [0.25, 0.3) is 0 Å². The van der Waals surface area contributed by atoms with Crippen LogP contribution in [0.4, 0.5) is 0 Å². The maximum atomic E-state index is 12.0. The normalized spacial score (nSPS) is 16.7. The van der Waals surface area contributed by atoms with Crippen LogP contribution in [-0.2, 0) is 4.79 Å². The van der Waals surface area contributed by atoms with Gasteiger partial charge in [0, 0.05) is 17.1 Å². The van der Waals surface area contributed by atoms with E-state index in [1.807, 2.05) is 11.8 Å². The largest absolute Gasteiger partial charge is 0.349 e. The Morgan fingerprint density at radius 3 is 2.81 bits per heavy atom. The number of carbonyl (C=O) groups excluding carboxylic acids is 1. The summed E-state index contributed by atoms with van der Waals surface area (Å²) >= 11 is 1.88. The summed E-state index contributed by atoms with van der Waals surface area (Å²) < 4.78 is 0. The van der Waals surface area contributed by atoms with Gasteiger partial charge in [-0.25, -0.2) is 0 Å². The summed E-state index contributed by atoms with van der Waals surface area (Å²) in [5.74, 6) is 1.27. The Morgan fingerprint density at radius 2 is 2.00 bits per heavy atom. The Bertz CT molecular complexity index is 442. The number of fused-ring (bicyclic) bond motifs is 1. The van der Waals surface area contributed by atoms with Crippen molar-refractivity contribution in [3.63, 3.8) is 0 Å². The SMILES string of the molecule is Cl.NCCCCCCC(=O)NC1CCSc2ccccc21. The number of nitrogens with two attached hydrogens (primary N) is 1. The predicted molar refractivity (Wildman–Crippen MR) is 92.1 cm³/mol. The molecule has 118 valence electrons. The van der Waals surface area contributed by atoms with Crippen LogP contribution in [0.1, 0.15) is 50.1 Å². The lowest BCUT2D eigenvalue weighted by atomic mass is 10.0. The zero-order valence-corrected chi connectivity index (χ0v) is 14.0. The number of benzene rings is 1. The number of nitrogens with one attached hydrogen (secondary N) is 1. The van der Waals surface area contributed by atoms with E-state index in [-0.39, 0.29) is 24.4 Å². The summed E-state index contributed by atoms with van der Waals surface area (Å²) in [6, 6.07) is 8.59. The van der Waals surface area contributed by atoms with Crippen molar-refractivity contribution < 1.29 is 4.79 Å². The number of amides is 1. The van der Waals surface area contributed by atoms with Gasteiger partial charge >= 0.3 is 0 Å². The van der Waals surface area contributed by atoms with E-state index < -0.39 is 0 Å². The minimum atomic E-state index is 0. The summed E-state index contributed by atoms with van der Waals surface area (Å²) in [6.07, 6.45) is 5.93. The maximum absolute atomic E-state index is 12.0. The van der Waals surface area contributed by atoms with Crippen LogP contribution >= 0.6 is 24.2 Å². The minimum Gasteiger partial charge on any atom is -0.349 e. The maximum Gasteiger partial charge on any atom is 0.220 e. The second-order valence-electron chi connectivity index (χ2n) is 5.25. The third-order valence-electron chi connectivity index (χ3n) is 3.65. The van der Waals surface area contributed by atoms with E-state index >= 15 is 0 Å². The van der Waals surface area contributed by atoms with Crippen LogP contribution in [0.15, 0.2) is 29.2 Å². The van der Waals surface area contributed by atoms with E-state index in [2.05, 4.69) is 29.6 Å². The predicted octanol–water partition coefficient (Wildman–Crippen LogP) is 3.67. The van der Waals surface area contributed by atoms with Crippen molar-refractivity contribution in [2.45, 2.75) is 49.5 Å². The van der Waals surface area contributed by atoms with Gasteiger partial charge in [0.1, 0.15) is 0 Å². The summed E-state index contributed by atoms with van der Waals surface area (Å²) in [5.41, 5.74) is 6.74. The molecule has 1 unspecified atom stereocenters. The molecule has 1 aromatic carbocycles. The smallest absolute Gasteiger partial charge is 0.220 e. The highest BCUT2D eigenvalue weighted by molar-refractivity contribution is 7.99. The van der Waals surface area contributed by atoms with E-state index in [9.17, 15) is 4.79 Å². The van der Waals surface area contributed by atoms with Crippen molar-refractivity contribution in [2.75, 3.05) is 12.3 Å². The third kappa shape index (κ3) is 5.89. The summed E-state index contributed by atoms with van der Waals surface area (Å²) in [7, 11) is 0.